The van der Waals surface area contributed by atoms with Gasteiger partial charge in [-0.05, 0) is 37.5 Å². The molecular formula is C82H160O17P2. The number of hydrogen-bond acceptors (Lipinski definition) is 15. The van der Waals surface area contributed by atoms with Gasteiger partial charge in [0.1, 0.15) is 19.3 Å². The van der Waals surface area contributed by atoms with Crippen molar-refractivity contribution in [3.63, 3.8) is 0 Å². The van der Waals surface area contributed by atoms with E-state index in [4.69, 9.17) is 37.0 Å². The van der Waals surface area contributed by atoms with Gasteiger partial charge < -0.3 is 33.8 Å². The fourth-order valence-electron chi connectivity index (χ4n) is 12.7. The molecule has 0 rings (SSSR count). The lowest BCUT2D eigenvalue weighted by atomic mass is 10.0. The summed E-state index contributed by atoms with van der Waals surface area (Å²) in [5.41, 5.74) is 0. The zero-order valence-electron chi connectivity index (χ0n) is 66.2. The lowest BCUT2D eigenvalue weighted by Crippen LogP contribution is -2.30. The summed E-state index contributed by atoms with van der Waals surface area (Å²) in [5, 5.41) is 10.6. The predicted octanol–water partition coefficient (Wildman–Crippen LogP) is 24.7. The molecule has 0 fully saturated rings. The molecule has 0 aliphatic rings. The number of aliphatic hydroxyl groups is 1. The fraction of sp³-hybridized carbons (Fsp3) is 0.951. The maximum Gasteiger partial charge on any atom is 0.472 e. The van der Waals surface area contributed by atoms with Gasteiger partial charge in [-0.3, -0.25) is 37.3 Å². The summed E-state index contributed by atoms with van der Waals surface area (Å²) in [4.78, 5) is 73.0. The zero-order chi connectivity index (χ0) is 74.2. The molecule has 0 amide bonds. The summed E-state index contributed by atoms with van der Waals surface area (Å²) in [7, 11) is -9.92. The third kappa shape index (κ3) is 76.1. The smallest absolute Gasteiger partial charge is 0.462 e. The van der Waals surface area contributed by atoms with Crippen LogP contribution in [-0.2, 0) is 65.4 Å². The molecule has 0 spiro atoms. The highest BCUT2D eigenvalue weighted by Crippen LogP contribution is 2.45. The summed E-state index contributed by atoms with van der Waals surface area (Å²) >= 11 is 0. The number of unbranched alkanes of at least 4 members (excludes halogenated alkanes) is 51. The van der Waals surface area contributed by atoms with E-state index in [2.05, 4.69) is 41.5 Å². The van der Waals surface area contributed by atoms with E-state index in [9.17, 15) is 43.2 Å². The molecule has 600 valence electrons. The summed E-state index contributed by atoms with van der Waals surface area (Å²) in [6.45, 7) is 9.60. The van der Waals surface area contributed by atoms with E-state index in [0.29, 0.717) is 31.6 Å². The van der Waals surface area contributed by atoms with Gasteiger partial charge in [0.25, 0.3) is 0 Å². The molecule has 0 radical (unpaired) electrons. The number of hydrogen-bond donors (Lipinski definition) is 3. The largest absolute Gasteiger partial charge is 0.472 e. The first-order chi connectivity index (χ1) is 48.9. The Hall–Kier alpha value is -1.94. The van der Waals surface area contributed by atoms with Crippen LogP contribution in [0.15, 0.2) is 0 Å². The van der Waals surface area contributed by atoms with Crippen molar-refractivity contribution in [1.82, 2.24) is 0 Å². The maximum absolute atomic E-state index is 13.1. The van der Waals surface area contributed by atoms with Crippen LogP contribution in [0, 0.1) is 11.8 Å². The van der Waals surface area contributed by atoms with E-state index < -0.39 is 97.5 Å². The molecule has 0 heterocycles. The topological polar surface area (TPSA) is 237 Å². The second kappa shape index (κ2) is 73.6. The Morgan fingerprint density at radius 3 is 0.673 bits per heavy atom. The lowest BCUT2D eigenvalue weighted by molar-refractivity contribution is -0.161. The van der Waals surface area contributed by atoms with E-state index in [1.165, 1.54) is 244 Å². The Labute approximate surface area is 619 Å². The standard InChI is InChI=1S/C82H160O17P2/c1-7-9-11-13-15-17-19-21-23-24-25-26-27-28-29-30-32-38-42-48-55-61-67-81(86)98-77(70-92-79(84)64-58-52-46-40-36-34-33-35-39-44-50-56-62-74(3)4)72-96-100(88,89)94-68-76(83)69-95-101(90,91)97-73-78(71-93-80(85)65-59-53-49-43-45-51-57-63-75(5)6)99-82(87)66-60-54-47-41-37-31-22-20-18-16-14-12-10-8-2/h74-78,83H,7-73H2,1-6H3,(H,88,89)(H,90,91)/t76-,77-,78-/m1/s1. The summed E-state index contributed by atoms with van der Waals surface area (Å²) < 4.78 is 68.7. The summed E-state index contributed by atoms with van der Waals surface area (Å²) in [5.74, 6) is -0.622. The maximum atomic E-state index is 13.1. The Balaban J connectivity index is 5.21. The Morgan fingerprint density at radius 2 is 0.455 bits per heavy atom. The van der Waals surface area contributed by atoms with Crippen LogP contribution in [0.3, 0.4) is 0 Å². The third-order valence-corrected chi connectivity index (χ3v) is 21.1. The molecule has 0 bridgehead atoms. The molecule has 2 unspecified atom stereocenters. The number of ether oxygens (including phenoxy) is 4. The number of carbonyl (C=O) groups excluding carboxylic acids is 4. The minimum atomic E-state index is -4.96. The Morgan fingerprint density at radius 1 is 0.267 bits per heavy atom. The highest BCUT2D eigenvalue weighted by molar-refractivity contribution is 7.47. The van der Waals surface area contributed by atoms with Crippen LogP contribution in [0.25, 0.3) is 0 Å². The third-order valence-electron chi connectivity index (χ3n) is 19.2. The van der Waals surface area contributed by atoms with Gasteiger partial charge in [0.15, 0.2) is 12.2 Å². The van der Waals surface area contributed by atoms with E-state index in [-0.39, 0.29) is 25.7 Å². The molecule has 3 N–H and O–H groups in total. The summed E-state index contributed by atoms with van der Waals surface area (Å²) in [6, 6.07) is 0. The molecule has 0 aromatic rings. The van der Waals surface area contributed by atoms with Crippen LogP contribution in [0.4, 0.5) is 0 Å². The van der Waals surface area contributed by atoms with Gasteiger partial charge in [0, 0.05) is 25.7 Å². The molecule has 101 heavy (non-hydrogen) atoms. The molecule has 0 aliphatic heterocycles. The van der Waals surface area contributed by atoms with Crippen LogP contribution in [-0.4, -0.2) is 96.7 Å². The second-order valence-corrected chi connectivity index (χ2v) is 33.4. The molecule has 0 saturated heterocycles. The van der Waals surface area contributed by atoms with Crippen molar-refractivity contribution < 1.29 is 80.2 Å². The minimum absolute atomic E-state index is 0.107. The number of phosphoric acid groups is 2. The van der Waals surface area contributed by atoms with E-state index >= 15 is 0 Å². The minimum Gasteiger partial charge on any atom is -0.462 e. The average molecular weight is 1480 g/mol. The number of rotatable bonds is 81. The molecule has 0 aromatic heterocycles. The lowest BCUT2D eigenvalue weighted by Gasteiger charge is -2.21. The Kier molecular flexibility index (Phi) is 72.2. The van der Waals surface area contributed by atoms with E-state index in [1.54, 1.807) is 0 Å². The SMILES string of the molecule is CCCCCCCCCCCCCCCCCCCCCCCCC(=O)O[C@H](COC(=O)CCCCCCCCCCCCCCC(C)C)COP(=O)(O)OC[C@@H](O)COP(=O)(O)OC[C@@H](COC(=O)CCCCCCCCCC(C)C)OC(=O)CCCCCCCCCCCCCCCC. The molecule has 5 atom stereocenters. The van der Waals surface area contributed by atoms with Crippen molar-refractivity contribution in [2.75, 3.05) is 39.6 Å². The predicted molar refractivity (Wildman–Crippen MR) is 414 cm³/mol. The van der Waals surface area contributed by atoms with Crippen LogP contribution in [0.1, 0.15) is 433 Å². The highest BCUT2D eigenvalue weighted by atomic mass is 31.2. The van der Waals surface area contributed by atoms with Gasteiger partial charge in [-0.15, -0.1) is 0 Å². The van der Waals surface area contributed by atoms with Gasteiger partial charge in [-0.25, -0.2) is 9.13 Å². The van der Waals surface area contributed by atoms with Crippen molar-refractivity contribution in [2.24, 2.45) is 11.8 Å². The summed E-state index contributed by atoms with van der Waals surface area (Å²) in [6.07, 6.45) is 64.0. The number of aliphatic hydroxyl groups excluding tert-OH is 1. The van der Waals surface area contributed by atoms with Crippen LogP contribution in [0.2, 0.25) is 0 Å². The normalized spacial score (nSPS) is 13.9. The molecular weight excluding hydrogens is 1320 g/mol. The molecule has 19 heteroatoms. The number of esters is 4. The highest BCUT2D eigenvalue weighted by Gasteiger charge is 2.30. The second-order valence-electron chi connectivity index (χ2n) is 30.5. The van der Waals surface area contributed by atoms with Crippen LogP contribution < -0.4 is 0 Å². The first-order valence-electron chi connectivity index (χ1n) is 42.5. The Bertz CT molecular complexity index is 1940. The van der Waals surface area contributed by atoms with E-state index in [0.717, 1.165) is 102 Å². The van der Waals surface area contributed by atoms with Crippen molar-refractivity contribution in [1.29, 1.82) is 0 Å². The molecule has 17 nitrogen and oxygen atoms in total. The van der Waals surface area contributed by atoms with Gasteiger partial charge >= 0.3 is 39.5 Å². The first kappa shape index (κ1) is 99.1. The first-order valence-corrected chi connectivity index (χ1v) is 45.5. The molecule has 0 aliphatic carbocycles. The van der Waals surface area contributed by atoms with Crippen molar-refractivity contribution >= 4 is 39.5 Å². The zero-order valence-corrected chi connectivity index (χ0v) is 68.0. The fourth-order valence-corrected chi connectivity index (χ4v) is 14.3. The average Bonchev–Trinajstić information content (AvgIpc) is 0.930. The van der Waals surface area contributed by atoms with Crippen molar-refractivity contribution in [3.8, 4) is 0 Å². The molecule has 0 aromatic carbocycles. The van der Waals surface area contributed by atoms with Crippen LogP contribution in [0.5, 0.6) is 0 Å². The van der Waals surface area contributed by atoms with Gasteiger partial charge in [0.05, 0.1) is 26.4 Å². The van der Waals surface area contributed by atoms with E-state index in [1.807, 2.05) is 0 Å². The van der Waals surface area contributed by atoms with Crippen molar-refractivity contribution in [2.45, 2.75) is 452 Å². The van der Waals surface area contributed by atoms with Crippen molar-refractivity contribution in [3.05, 3.63) is 0 Å². The van der Waals surface area contributed by atoms with Gasteiger partial charge in [0.2, 0.25) is 0 Å². The molecule has 0 saturated carbocycles. The quantitative estimate of drug-likeness (QED) is 0.0222. The van der Waals surface area contributed by atoms with Gasteiger partial charge in [-0.1, -0.05) is 382 Å². The van der Waals surface area contributed by atoms with Crippen LogP contribution >= 0.6 is 15.6 Å². The monoisotopic (exact) mass is 1480 g/mol. The number of phosphoric ester groups is 2. The number of carbonyl (C=O) groups is 4. The van der Waals surface area contributed by atoms with Gasteiger partial charge in [-0.2, -0.15) is 0 Å².